The molecule has 1 amide bonds. The number of carbonyl (C=O) groups is 1. The van der Waals surface area contributed by atoms with Crippen LogP contribution in [0.25, 0.3) is 0 Å². The summed E-state index contributed by atoms with van der Waals surface area (Å²) < 4.78 is 22.6. The molecule has 0 radical (unpaired) electrons. The van der Waals surface area contributed by atoms with Gasteiger partial charge >= 0.3 is 7.82 Å². The maximum atomic E-state index is 12.3. The first kappa shape index (κ1) is 36.5. The summed E-state index contributed by atoms with van der Waals surface area (Å²) in [5, 5.41) is 2.93. The van der Waals surface area contributed by atoms with Gasteiger partial charge < -0.3 is 24.3 Å². The lowest BCUT2D eigenvalue weighted by Crippen LogP contribution is -2.45. The molecular formula is C28H60N2O6P+. The fourth-order valence-corrected chi connectivity index (χ4v) is 5.21. The van der Waals surface area contributed by atoms with Crippen LogP contribution in [0.1, 0.15) is 123 Å². The van der Waals surface area contributed by atoms with Gasteiger partial charge in [-0.25, -0.2) is 4.57 Å². The van der Waals surface area contributed by atoms with E-state index in [-0.39, 0.29) is 12.0 Å². The molecule has 0 spiro atoms. The molecule has 9 heteroatoms. The predicted octanol–water partition coefficient (Wildman–Crippen LogP) is 6.34. The van der Waals surface area contributed by atoms with Gasteiger partial charge in [0.25, 0.3) is 0 Å². The Labute approximate surface area is 228 Å². The lowest BCUT2D eigenvalue weighted by atomic mass is 10.0. The zero-order chi connectivity index (χ0) is 28.0. The minimum atomic E-state index is -4.61. The number of phosphoric acid groups is 1. The van der Waals surface area contributed by atoms with E-state index in [9.17, 15) is 19.1 Å². The van der Waals surface area contributed by atoms with E-state index in [1.807, 2.05) is 28.1 Å². The smallest absolute Gasteiger partial charge is 0.377 e. The van der Waals surface area contributed by atoms with Crippen LogP contribution in [0.2, 0.25) is 0 Å². The Kier molecular flexibility index (Phi) is 22.0. The molecule has 0 bridgehead atoms. The van der Waals surface area contributed by atoms with E-state index in [1.54, 1.807) is 0 Å². The summed E-state index contributed by atoms with van der Waals surface area (Å²) in [4.78, 5) is 30.9. The SMILES string of the molecule is CCCCCCCCCCCCCCCCCC(=O)NCC(CC(C[N+](C)(C)C)OP(=O)(O)O)OCC. The fourth-order valence-electron chi connectivity index (χ4n) is 4.67. The second-order valence-corrected chi connectivity index (χ2v) is 12.7. The van der Waals surface area contributed by atoms with Crippen molar-refractivity contribution in [1.82, 2.24) is 5.32 Å². The molecule has 222 valence electrons. The van der Waals surface area contributed by atoms with Gasteiger partial charge in [-0.15, -0.1) is 0 Å². The molecular weight excluding hydrogens is 491 g/mol. The van der Waals surface area contributed by atoms with Gasteiger partial charge in [0, 0.05) is 26.0 Å². The van der Waals surface area contributed by atoms with Gasteiger partial charge in [-0.1, -0.05) is 96.8 Å². The zero-order valence-corrected chi connectivity index (χ0v) is 25.6. The number of likely N-dealkylation sites (N-methyl/N-ethyl adjacent to an activating group) is 1. The average molecular weight is 552 g/mol. The standard InChI is InChI=1S/C28H59N2O6P/c1-6-8-9-10-11-12-13-14-15-16-17-18-19-20-21-22-28(31)29-24-26(35-7-2)23-27(25-30(3,4)5)36-37(32,33)34/h26-27H,6-25H2,1-5H3,(H2-,29,31,32,33,34)/p+1. The summed E-state index contributed by atoms with van der Waals surface area (Å²) in [6.45, 7) is 5.31. The number of quaternary nitrogens is 1. The highest BCUT2D eigenvalue weighted by Gasteiger charge is 2.30. The van der Waals surface area contributed by atoms with Crippen molar-refractivity contribution in [3.63, 3.8) is 0 Å². The molecule has 2 atom stereocenters. The van der Waals surface area contributed by atoms with Crippen molar-refractivity contribution in [3.8, 4) is 0 Å². The number of nitrogens with one attached hydrogen (secondary N) is 1. The number of hydrogen-bond acceptors (Lipinski definition) is 4. The van der Waals surface area contributed by atoms with Crippen LogP contribution in [0.4, 0.5) is 0 Å². The lowest BCUT2D eigenvalue weighted by Gasteiger charge is -2.31. The van der Waals surface area contributed by atoms with Gasteiger partial charge in [-0.2, -0.15) is 0 Å². The normalized spacial score (nSPS) is 14.0. The van der Waals surface area contributed by atoms with Gasteiger partial charge in [-0.05, 0) is 13.3 Å². The highest BCUT2D eigenvalue weighted by atomic mass is 31.2. The molecule has 0 aliphatic carbocycles. The third-order valence-corrected chi connectivity index (χ3v) is 7.07. The van der Waals surface area contributed by atoms with Crippen LogP contribution < -0.4 is 5.32 Å². The maximum absolute atomic E-state index is 12.3. The fraction of sp³-hybridized carbons (Fsp3) is 0.964. The van der Waals surface area contributed by atoms with Crippen LogP contribution in [0, 0.1) is 0 Å². The van der Waals surface area contributed by atoms with Crippen molar-refractivity contribution in [1.29, 1.82) is 0 Å². The van der Waals surface area contributed by atoms with E-state index in [1.165, 1.54) is 83.5 Å². The van der Waals surface area contributed by atoms with Gasteiger partial charge in [0.2, 0.25) is 5.91 Å². The number of unbranched alkanes of at least 4 members (excludes halogenated alkanes) is 14. The molecule has 0 aromatic rings. The Bertz CT molecular complexity index is 594. The molecule has 0 aromatic heterocycles. The summed E-state index contributed by atoms with van der Waals surface area (Å²) in [6, 6.07) is 0. The van der Waals surface area contributed by atoms with Crippen LogP contribution >= 0.6 is 7.82 Å². The summed E-state index contributed by atoms with van der Waals surface area (Å²) in [6.07, 6.45) is 19.2. The second kappa shape index (κ2) is 22.3. The van der Waals surface area contributed by atoms with E-state index >= 15 is 0 Å². The monoisotopic (exact) mass is 551 g/mol. The van der Waals surface area contributed by atoms with Crippen molar-refractivity contribution in [2.45, 2.75) is 135 Å². The number of nitrogens with zero attached hydrogens (tertiary/aromatic N) is 1. The van der Waals surface area contributed by atoms with Gasteiger partial charge in [0.05, 0.1) is 27.2 Å². The highest BCUT2D eigenvalue weighted by Crippen LogP contribution is 2.39. The molecule has 0 saturated carbocycles. The quantitative estimate of drug-likeness (QED) is 0.0658. The Morgan fingerprint density at radius 2 is 1.24 bits per heavy atom. The van der Waals surface area contributed by atoms with E-state index < -0.39 is 13.9 Å². The van der Waals surface area contributed by atoms with E-state index in [4.69, 9.17) is 9.26 Å². The summed E-state index contributed by atoms with van der Waals surface area (Å²) in [7, 11) is 1.19. The highest BCUT2D eigenvalue weighted by molar-refractivity contribution is 7.46. The first-order valence-electron chi connectivity index (χ1n) is 14.9. The molecule has 0 rings (SSSR count). The molecule has 8 nitrogen and oxygen atoms in total. The molecule has 0 saturated heterocycles. The lowest BCUT2D eigenvalue weighted by molar-refractivity contribution is -0.873. The van der Waals surface area contributed by atoms with Crippen LogP contribution in [0.15, 0.2) is 0 Å². The average Bonchev–Trinajstić information content (AvgIpc) is 2.78. The molecule has 0 aliphatic rings. The Balaban J connectivity index is 3.95. The summed E-state index contributed by atoms with van der Waals surface area (Å²) in [5.41, 5.74) is 0. The van der Waals surface area contributed by atoms with Crippen molar-refractivity contribution in [2.75, 3.05) is 40.8 Å². The zero-order valence-electron chi connectivity index (χ0n) is 24.7. The van der Waals surface area contributed by atoms with Crippen molar-refractivity contribution in [3.05, 3.63) is 0 Å². The third kappa shape index (κ3) is 26.9. The van der Waals surface area contributed by atoms with Crippen LogP contribution in [-0.4, -0.2) is 73.2 Å². The number of amides is 1. The number of carbonyl (C=O) groups excluding carboxylic acids is 1. The first-order chi connectivity index (χ1) is 17.5. The Morgan fingerprint density at radius 1 is 0.784 bits per heavy atom. The Hall–Kier alpha value is -0.500. The van der Waals surface area contributed by atoms with Crippen LogP contribution in [-0.2, 0) is 18.6 Å². The number of hydrogen-bond donors (Lipinski definition) is 3. The molecule has 2 unspecified atom stereocenters. The van der Waals surface area contributed by atoms with E-state index in [0.29, 0.717) is 37.0 Å². The van der Waals surface area contributed by atoms with Crippen LogP contribution in [0.5, 0.6) is 0 Å². The summed E-state index contributed by atoms with van der Waals surface area (Å²) in [5.74, 6) is -0.00143. The Morgan fingerprint density at radius 3 is 1.65 bits per heavy atom. The topological polar surface area (TPSA) is 105 Å². The largest absolute Gasteiger partial charge is 0.470 e. The van der Waals surface area contributed by atoms with Gasteiger partial charge in [0.1, 0.15) is 12.6 Å². The van der Waals surface area contributed by atoms with Gasteiger partial charge in [-0.3, -0.25) is 9.32 Å². The van der Waals surface area contributed by atoms with Crippen molar-refractivity contribution < 1.29 is 32.9 Å². The maximum Gasteiger partial charge on any atom is 0.470 e. The van der Waals surface area contributed by atoms with E-state index in [2.05, 4.69) is 12.2 Å². The summed E-state index contributed by atoms with van der Waals surface area (Å²) >= 11 is 0. The van der Waals surface area contributed by atoms with Crippen molar-refractivity contribution in [2.24, 2.45) is 0 Å². The molecule has 3 N–H and O–H groups in total. The second-order valence-electron chi connectivity index (χ2n) is 11.5. The minimum Gasteiger partial charge on any atom is -0.377 e. The molecule has 0 aromatic carbocycles. The molecule has 0 heterocycles. The number of rotatable bonds is 26. The molecule has 0 aliphatic heterocycles. The van der Waals surface area contributed by atoms with Gasteiger partial charge in [0.15, 0.2) is 0 Å². The number of ether oxygens (including phenoxy) is 1. The molecule has 0 fully saturated rings. The van der Waals surface area contributed by atoms with E-state index in [0.717, 1.165) is 12.8 Å². The molecule has 37 heavy (non-hydrogen) atoms. The van der Waals surface area contributed by atoms with Crippen molar-refractivity contribution >= 4 is 13.7 Å². The first-order valence-corrected chi connectivity index (χ1v) is 16.4. The van der Waals surface area contributed by atoms with Crippen LogP contribution in [0.3, 0.4) is 0 Å². The minimum absolute atomic E-state index is 0.00143. The number of phosphoric ester groups is 1. The predicted molar refractivity (Wildman–Crippen MR) is 152 cm³/mol. The third-order valence-electron chi connectivity index (χ3n) is 6.50.